The highest BCUT2D eigenvalue weighted by molar-refractivity contribution is 6.30. The van der Waals surface area contributed by atoms with Crippen molar-refractivity contribution < 1.29 is 14.3 Å². The highest BCUT2D eigenvalue weighted by Gasteiger charge is 2.13. The lowest BCUT2D eigenvalue weighted by atomic mass is 9.99. The molecule has 0 saturated heterocycles. The molecule has 0 aromatic heterocycles. The smallest absolute Gasteiger partial charge is 0.337 e. The Kier molecular flexibility index (Phi) is 10.1. The summed E-state index contributed by atoms with van der Waals surface area (Å²) >= 11 is 6.11. The highest BCUT2D eigenvalue weighted by Crippen LogP contribution is 2.22. The number of nitrogens with one attached hydrogen (secondary N) is 1. The Balaban J connectivity index is 1.31. The van der Waals surface area contributed by atoms with Gasteiger partial charge in [0.1, 0.15) is 0 Å². The fraction of sp³-hybridized carbons (Fsp3) is 0.281. The number of rotatable bonds is 12. The van der Waals surface area contributed by atoms with Gasteiger partial charge >= 0.3 is 5.97 Å². The minimum absolute atomic E-state index is 0.128. The van der Waals surface area contributed by atoms with E-state index < -0.39 is 0 Å². The lowest BCUT2D eigenvalue weighted by Crippen LogP contribution is -2.23. The quantitative estimate of drug-likeness (QED) is 0.255. The Hall–Kier alpha value is -3.18. The lowest BCUT2D eigenvalue weighted by Gasteiger charge is -2.20. The third-order valence-electron chi connectivity index (χ3n) is 6.52. The van der Waals surface area contributed by atoms with E-state index in [1.165, 1.54) is 18.2 Å². The van der Waals surface area contributed by atoms with E-state index in [0.717, 1.165) is 42.4 Å². The van der Waals surface area contributed by atoms with E-state index >= 15 is 0 Å². The van der Waals surface area contributed by atoms with Gasteiger partial charge in [0.25, 0.3) is 0 Å². The molecule has 0 saturated carbocycles. The van der Waals surface area contributed by atoms with Crippen molar-refractivity contribution in [3.8, 4) is 0 Å². The summed E-state index contributed by atoms with van der Waals surface area (Å²) in [6.07, 6.45) is 11.2. The van der Waals surface area contributed by atoms with Crippen LogP contribution in [0.2, 0.25) is 5.02 Å². The van der Waals surface area contributed by atoms with Crippen molar-refractivity contribution >= 4 is 17.6 Å². The van der Waals surface area contributed by atoms with Crippen LogP contribution >= 0.6 is 11.6 Å². The Bertz CT molecular complexity index is 1200. The van der Waals surface area contributed by atoms with Gasteiger partial charge in [0, 0.05) is 18.1 Å². The van der Waals surface area contributed by atoms with Gasteiger partial charge in [-0.3, -0.25) is 0 Å². The second-order valence-electron chi connectivity index (χ2n) is 9.25. The monoisotopic (exact) mass is 515 g/mol. The summed E-state index contributed by atoms with van der Waals surface area (Å²) in [6, 6.07) is 24.0. The average Bonchev–Trinajstić information content (AvgIpc) is 2.95. The van der Waals surface area contributed by atoms with Crippen LogP contribution in [0.15, 0.2) is 96.6 Å². The first-order valence-electron chi connectivity index (χ1n) is 12.8. The Morgan fingerprint density at radius 1 is 0.892 bits per heavy atom. The largest absolute Gasteiger partial charge is 0.465 e. The second-order valence-corrected chi connectivity index (χ2v) is 9.68. The normalized spacial score (nSPS) is 13.7. The van der Waals surface area contributed by atoms with Crippen LogP contribution in [0.3, 0.4) is 0 Å². The van der Waals surface area contributed by atoms with Gasteiger partial charge in [0.2, 0.25) is 0 Å². The number of benzene rings is 3. The molecule has 37 heavy (non-hydrogen) atoms. The first-order chi connectivity index (χ1) is 18.1. The van der Waals surface area contributed by atoms with Crippen molar-refractivity contribution in [2.24, 2.45) is 0 Å². The minimum atomic E-state index is -0.331. The van der Waals surface area contributed by atoms with E-state index in [1.54, 1.807) is 12.1 Å². The van der Waals surface area contributed by atoms with Crippen molar-refractivity contribution in [3.05, 3.63) is 129 Å². The van der Waals surface area contributed by atoms with Crippen LogP contribution in [-0.2, 0) is 29.0 Å². The topological polar surface area (TPSA) is 47.6 Å². The molecule has 5 heteroatoms. The van der Waals surface area contributed by atoms with E-state index in [0.29, 0.717) is 30.3 Å². The van der Waals surface area contributed by atoms with E-state index in [2.05, 4.69) is 47.8 Å². The maximum Gasteiger partial charge on any atom is 0.337 e. The van der Waals surface area contributed by atoms with Gasteiger partial charge in [-0.25, -0.2) is 4.79 Å². The summed E-state index contributed by atoms with van der Waals surface area (Å²) in [6.45, 7) is 1.83. The average molecular weight is 516 g/mol. The van der Waals surface area contributed by atoms with Crippen LogP contribution in [0.25, 0.3) is 0 Å². The van der Waals surface area contributed by atoms with Gasteiger partial charge in [-0.2, -0.15) is 0 Å². The molecule has 1 unspecified atom stereocenters. The Labute approximate surface area is 225 Å². The second kappa shape index (κ2) is 13.9. The number of hydrogen-bond donors (Lipinski definition) is 1. The number of allylic oxidation sites excluding steroid dienone is 4. The van der Waals surface area contributed by atoms with Crippen LogP contribution in [0.4, 0.5) is 0 Å². The summed E-state index contributed by atoms with van der Waals surface area (Å²) < 4.78 is 11.1. The Morgan fingerprint density at radius 2 is 1.59 bits per heavy atom. The summed E-state index contributed by atoms with van der Waals surface area (Å²) in [7, 11) is 1.39. The molecule has 0 amide bonds. The zero-order chi connectivity index (χ0) is 25.9. The van der Waals surface area contributed by atoms with E-state index in [4.69, 9.17) is 21.1 Å². The summed E-state index contributed by atoms with van der Waals surface area (Å²) in [5, 5.41) is 4.19. The van der Waals surface area contributed by atoms with Gasteiger partial charge < -0.3 is 14.8 Å². The molecular weight excluding hydrogens is 482 g/mol. The number of esters is 1. The molecular formula is C32H34ClNO3. The number of carbonyl (C=O) groups is 1. The van der Waals surface area contributed by atoms with Crippen LogP contribution in [-0.4, -0.2) is 19.6 Å². The lowest BCUT2D eigenvalue weighted by molar-refractivity contribution is 0.0396. The first kappa shape index (κ1) is 26.9. The number of ether oxygens (including phenoxy) is 2. The molecule has 1 atom stereocenters. The standard InChI is InChI=1S/C32H34ClNO3/c1-36-32(35)29-15-13-26(14-16-29)21-34-22-31(28-17-19-30(33)20-18-28)37-23-27-11-9-25(10-12-27)8-7-24-5-3-2-4-6-24/h3,5-6,9-20,31,34H,2,4,7-8,21-23H2,1H3. The maximum absolute atomic E-state index is 11.6. The SMILES string of the molecule is COC(=O)c1ccc(CNCC(OCc2ccc(CCC3=CCCC=C3)cc2)c2ccc(Cl)cc2)cc1. The molecule has 1 aliphatic carbocycles. The zero-order valence-electron chi connectivity index (χ0n) is 21.3. The third-order valence-corrected chi connectivity index (χ3v) is 6.78. The zero-order valence-corrected chi connectivity index (χ0v) is 22.0. The molecule has 0 heterocycles. The first-order valence-corrected chi connectivity index (χ1v) is 13.2. The van der Waals surface area contributed by atoms with Crippen molar-refractivity contribution in [1.29, 1.82) is 0 Å². The number of hydrogen-bond acceptors (Lipinski definition) is 4. The van der Waals surface area contributed by atoms with Crippen LogP contribution < -0.4 is 5.32 Å². The van der Waals surface area contributed by atoms with E-state index in [-0.39, 0.29) is 12.1 Å². The van der Waals surface area contributed by atoms with E-state index in [9.17, 15) is 4.79 Å². The highest BCUT2D eigenvalue weighted by atomic mass is 35.5. The van der Waals surface area contributed by atoms with Crippen LogP contribution in [0.1, 0.15) is 58.0 Å². The fourth-order valence-electron chi connectivity index (χ4n) is 4.32. The molecule has 1 N–H and O–H groups in total. The molecule has 4 rings (SSSR count). The van der Waals surface area contributed by atoms with Gasteiger partial charge in [-0.15, -0.1) is 0 Å². The van der Waals surface area contributed by atoms with Crippen molar-refractivity contribution in [3.63, 3.8) is 0 Å². The van der Waals surface area contributed by atoms with Gasteiger partial charge in [0.05, 0.1) is 25.4 Å². The molecule has 0 spiro atoms. The Morgan fingerprint density at radius 3 is 2.27 bits per heavy atom. The van der Waals surface area contributed by atoms with Gasteiger partial charge in [0.15, 0.2) is 0 Å². The molecule has 3 aromatic rings. The van der Waals surface area contributed by atoms with Crippen molar-refractivity contribution in [2.45, 2.75) is 44.9 Å². The van der Waals surface area contributed by atoms with Crippen molar-refractivity contribution in [1.82, 2.24) is 5.32 Å². The fourth-order valence-corrected chi connectivity index (χ4v) is 4.44. The summed E-state index contributed by atoms with van der Waals surface area (Å²) in [4.78, 5) is 11.6. The third kappa shape index (κ3) is 8.43. The molecule has 0 fully saturated rings. The van der Waals surface area contributed by atoms with Gasteiger partial charge in [-0.1, -0.05) is 83.9 Å². The molecule has 0 aliphatic heterocycles. The van der Waals surface area contributed by atoms with Crippen molar-refractivity contribution in [2.75, 3.05) is 13.7 Å². The molecule has 0 bridgehead atoms. The number of halogens is 1. The summed E-state index contributed by atoms with van der Waals surface area (Å²) in [5.74, 6) is -0.331. The van der Waals surface area contributed by atoms with Crippen LogP contribution in [0, 0.1) is 0 Å². The molecule has 3 aromatic carbocycles. The molecule has 0 radical (unpaired) electrons. The molecule has 1 aliphatic rings. The number of methoxy groups -OCH3 is 1. The number of aryl methyl sites for hydroxylation is 1. The summed E-state index contributed by atoms with van der Waals surface area (Å²) in [5.41, 5.74) is 6.63. The number of carbonyl (C=O) groups excluding carboxylic acids is 1. The van der Waals surface area contributed by atoms with Crippen LogP contribution in [0.5, 0.6) is 0 Å². The minimum Gasteiger partial charge on any atom is -0.465 e. The van der Waals surface area contributed by atoms with Gasteiger partial charge in [-0.05, 0) is 72.2 Å². The van der Waals surface area contributed by atoms with E-state index in [1.807, 2.05) is 36.4 Å². The molecule has 4 nitrogen and oxygen atoms in total. The molecule has 192 valence electrons. The predicted molar refractivity (Wildman–Crippen MR) is 150 cm³/mol. The predicted octanol–water partition coefficient (Wildman–Crippen LogP) is 7.38. The maximum atomic E-state index is 11.6.